The van der Waals surface area contributed by atoms with Gasteiger partial charge in [-0.3, -0.25) is 4.79 Å². The zero-order valence-electron chi connectivity index (χ0n) is 11.2. The molecule has 1 unspecified atom stereocenters. The lowest BCUT2D eigenvalue weighted by Gasteiger charge is -2.35. The van der Waals surface area contributed by atoms with Crippen molar-refractivity contribution in [1.29, 1.82) is 0 Å². The third-order valence-corrected chi connectivity index (χ3v) is 3.84. The predicted molar refractivity (Wildman–Crippen MR) is 79.0 cm³/mol. The van der Waals surface area contributed by atoms with Gasteiger partial charge in [-0.25, -0.2) is 4.98 Å². The molecule has 2 N–H and O–H groups in total. The number of halogens is 1. The number of nitrogens with zero attached hydrogens (tertiary/aromatic N) is 4. The lowest BCUT2D eigenvalue weighted by Crippen LogP contribution is -2.52. The van der Waals surface area contributed by atoms with Crippen LogP contribution in [0.25, 0.3) is 0 Å². The molecule has 0 aliphatic carbocycles. The minimum Gasteiger partial charge on any atom is -0.343 e. The van der Waals surface area contributed by atoms with Crippen molar-refractivity contribution in [2.45, 2.75) is 26.3 Å². The van der Waals surface area contributed by atoms with Crippen molar-refractivity contribution in [2.24, 2.45) is 5.73 Å². The molecule has 0 radical (unpaired) electrons. The van der Waals surface area contributed by atoms with Crippen molar-refractivity contribution in [3.8, 4) is 0 Å². The van der Waals surface area contributed by atoms with E-state index in [-0.39, 0.29) is 18.3 Å². The van der Waals surface area contributed by atoms with Gasteiger partial charge in [-0.15, -0.1) is 12.4 Å². The zero-order chi connectivity index (χ0) is 13.1. The van der Waals surface area contributed by atoms with Crippen molar-refractivity contribution < 1.29 is 4.79 Å². The van der Waals surface area contributed by atoms with E-state index in [1.54, 1.807) is 6.92 Å². The van der Waals surface area contributed by atoms with Crippen molar-refractivity contribution in [2.75, 3.05) is 31.1 Å². The Labute approximate surface area is 123 Å². The number of carbonyl (C=O) groups excluding carboxylic acids is 1. The topological polar surface area (TPSA) is 75.4 Å². The maximum Gasteiger partial charge on any atom is 0.239 e. The number of hydrogen-bond donors (Lipinski definition) is 1. The summed E-state index contributed by atoms with van der Waals surface area (Å²) in [5.74, 6) is 0.922. The second kappa shape index (κ2) is 7.02. The molecule has 0 saturated carbocycles. The summed E-state index contributed by atoms with van der Waals surface area (Å²) < 4.78 is 4.28. The molecule has 1 saturated heterocycles. The van der Waals surface area contributed by atoms with E-state index in [0.29, 0.717) is 13.1 Å². The fourth-order valence-electron chi connectivity index (χ4n) is 1.92. The van der Waals surface area contributed by atoms with Gasteiger partial charge < -0.3 is 15.5 Å². The minimum absolute atomic E-state index is 0. The Morgan fingerprint density at radius 1 is 1.42 bits per heavy atom. The van der Waals surface area contributed by atoms with Gasteiger partial charge in [-0.05, 0) is 6.92 Å². The summed E-state index contributed by atoms with van der Waals surface area (Å²) in [6, 6.07) is -0.412. The highest BCUT2D eigenvalue weighted by molar-refractivity contribution is 7.09. The van der Waals surface area contributed by atoms with Gasteiger partial charge in [0.05, 0.1) is 6.04 Å². The number of carbonyl (C=O) groups is 1. The molecular weight excluding hydrogens is 286 g/mol. The molecule has 1 amide bonds. The second-order valence-electron chi connectivity index (χ2n) is 4.45. The monoisotopic (exact) mass is 305 g/mol. The molecule has 2 rings (SSSR count). The molecule has 0 aromatic carbocycles. The van der Waals surface area contributed by atoms with E-state index in [2.05, 4.69) is 14.3 Å². The number of rotatable bonds is 3. The average molecular weight is 306 g/mol. The summed E-state index contributed by atoms with van der Waals surface area (Å²) in [4.78, 5) is 20.2. The number of hydrogen-bond acceptors (Lipinski definition) is 6. The zero-order valence-corrected chi connectivity index (χ0v) is 12.8. The molecule has 1 aliphatic rings. The summed E-state index contributed by atoms with van der Waals surface area (Å²) in [6.45, 7) is 6.80. The summed E-state index contributed by atoms with van der Waals surface area (Å²) in [6.07, 6.45) is 0.861. The normalized spacial score (nSPS) is 17.0. The predicted octanol–water partition coefficient (Wildman–Crippen LogP) is 0.518. The van der Waals surface area contributed by atoms with Gasteiger partial charge in [0.15, 0.2) is 0 Å². The number of amides is 1. The smallest absolute Gasteiger partial charge is 0.239 e. The van der Waals surface area contributed by atoms with Gasteiger partial charge in [0.1, 0.15) is 5.82 Å². The Balaban J connectivity index is 0.00000180. The average Bonchev–Trinajstić information content (AvgIpc) is 2.86. The number of piperazine rings is 1. The molecular formula is C11H20ClN5OS. The summed E-state index contributed by atoms with van der Waals surface area (Å²) in [7, 11) is 0. The molecule has 108 valence electrons. The number of aromatic nitrogens is 2. The van der Waals surface area contributed by atoms with E-state index in [4.69, 9.17) is 5.73 Å². The second-order valence-corrected chi connectivity index (χ2v) is 5.18. The van der Waals surface area contributed by atoms with Crippen LogP contribution in [0.15, 0.2) is 0 Å². The Hall–Kier alpha value is -0.920. The highest BCUT2D eigenvalue weighted by Gasteiger charge is 2.24. The van der Waals surface area contributed by atoms with Crippen LogP contribution in [0.5, 0.6) is 0 Å². The molecule has 1 fully saturated rings. The lowest BCUT2D eigenvalue weighted by atomic mass is 10.2. The third-order valence-electron chi connectivity index (χ3n) is 3.02. The van der Waals surface area contributed by atoms with Crippen LogP contribution in [0, 0.1) is 0 Å². The van der Waals surface area contributed by atoms with Crippen LogP contribution >= 0.6 is 23.9 Å². The molecule has 1 aliphatic heterocycles. The van der Waals surface area contributed by atoms with Crippen molar-refractivity contribution in [3.05, 3.63) is 5.82 Å². The van der Waals surface area contributed by atoms with Crippen molar-refractivity contribution in [1.82, 2.24) is 14.3 Å². The number of aryl methyl sites for hydroxylation is 1. The first-order valence-electron chi connectivity index (χ1n) is 6.23. The highest BCUT2D eigenvalue weighted by Crippen LogP contribution is 2.19. The first kappa shape index (κ1) is 16.1. The van der Waals surface area contributed by atoms with Gasteiger partial charge >= 0.3 is 0 Å². The Bertz CT molecular complexity index is 417. The Morgan fingerprint density at radius 3 is 2.53 bits per heavy atom. The quantitative estimate of drug-likeness (QED) is 0.881. The highest BCUT2D eigenvalue weighted by atomic mass is 35.5. The van der Waals surface area contributed by atoms with E-state index >= 15 is 0 Å². The van der Waals surface area contributed by atoms with Crippen LogP contribution in [0.4, 0.5) is 5.13 Å². The summed E-state index contributed by atoms with van der Waals surface area (Å²) in [5, 5.41) is 0.958. The third kappa shape index (κ3) is 3.77. The Kier molecular flexibility index (Phi) is 5.96. The van der Waals surface area contributed by atoms with Gasteiger partial charge in [0, 0.05) is 44.1 Å². The molecule has 0 spiro atoms. The summed E-state index contributed by atoms with van der Waals surface area (Å²) >= 11 is 1.43. The fourth-order valence-corrected chi connectivity index (χ4v) is 2.72. The van der Waals surface area contributed by atoms with Crippen molar-refractivity contribution >= 4 is 35.0 Å². The number of nitrogens with two attached hydrogens (primary N) is 1. The number of anilines is 1. The molecule has 1 atom stereocenters. The SMILES string of the molecule is CCc1nsc(N2CCN(C(=O)C(C)N)CC2)n1.Cl. The molecule has 0 bridgehead atoms. The van der Waals surface area contributed by atoms with Crippen LogP contribution in [-0.2, 0) is 11.2 Å². The Morgan fingerprint density at radius 2 is 2.05 bits per heavy atom. The van der Waals surface area contributed by atoms with Gasteiger partial charge in [0.25, 0.3) is 0 Å². The van der Waals surface area contributed by atoms with E-state index in [1.807, 2.05) is 11.8 Å². The maximum absolute atomic E-state index is 11.7. The summed E-state index contributed by atoms with van der Waals surface area (Å²) in [5.41, 5.74) is 5.61. The first-order chi connectivity index (χ1) is 8.61. The van der Waals surface area contributed by atoms with Crippen LogP contribution in [0.2, 0.25) is 0 Å². The van der Waals surface area contributed by atoms with Crippen LogP contribution < -0.4 is 10.6 Å². The van der Waals surface area contributed by atoms with E-state index in [0.717, 1.165) is 30.5 Å². The van der Waals surface area contributed by atoms with Crippen LogP contribution in [0.3, 0.4) is 0 Å². The van der Waals surface area contributed by atoms with Gasteiger partial charge in [-0.1, -0.05) is 6.92 Å². The van der Waals surface area contributed by atoms with E-state index < -0.39 is 6.04 Å². The maximum atomic E-state index is 11.7. The molecule has 8 heteroatoms. The first-order valence-corrected chi connectivity index (χ1v) is 7.01. The molecule has 1 aromatic heterocycles. The molecule has 2 heterocycles. The van der Waals surface area contributed by atoms with Crippen LogP contribution in [0.1, 0.15) is 19.7 Å². The lowest BCUT2D eigenvalue weighted by molar-refractivity contribution is -0.132. The largest absolute Gasteiger partial charge is 0.343 e. The van der Waals surface area contributed by atoms with Gasteiger partial charge in [0.2, 0.25) is 11.0 Å². The van der Waals surface area contributed by atoms with Crippen molar-refractivity contribution in [3.63, 3.8) is 0 Å². The molecule has 19 heavy (non-hydrogen) atoms. The fraction of sp³-hybridized carbons (Fsp3) is 0.727. The van der Waals surface area contributed by atoms with Crippen LogP contribution in [-0.4, -0.2) is 52.4 Å². The molecule has 6 nitrogen and oxygen atoms in total. The van der Waals surface area contributed by atoms with E-state index in [1.165, 1.54) is 11.5 Å². The standard InChI is InChI=1S/C11H19N5OS.ClH/c1-3-9-13-11(18-14-9)16-6-4-15(5-7-16)10(17)8(2)12;/h8H,3-7,12H2,1-2H3;1H. The molecule has 1 aromatic rings. The minimum atomic E-state index is -0.412. The van der Waals surface area contributed by atoms with E-state index in [9.17, 15) is 4.79 Å². The van der Waals surface area contributed by atoms with Gasteiger partial charge in [-0.2, -0.15) is 4.37 Å².